The van der Waals surface area contributed by atoms with Crippen LogP contribution in [0.3, 0.4) is 0 Å². The van der Waals surface area contributed by atoms with Gasteiger partial charge in [-0.05, 0) is 6.42 Å². The maximum Gasteiger partial charge on any atom is 0.268 e. The minimum atomic E-state index is -4.39. The highest BCUT2D eigenvalue weighted by atomic mass is 31.2. The number of aliphatic hydroxyl groups excluding tert-OH is 1. The van der Waals surface area contributed by atoms with Gasteiger partial charge in [0.25, 0.3) is 7.82 Å². The number of nitrogens with one attached hydrogen (secondary N) is 1. The summed E-state index contributed by atoms with van der Waals surface area (Å²) in [6.45, 7) is 6.72. The Bertz CT molecular complexity index is 514. The number of hydrogen-bond acceptors (Lipinski definition) is 6. The smallest absolute Gasteiger partial charge is 0.268 e. The Labute approximate surface area is 211 Å². The van der Waals surface area contributed by atoms with Crippen LogP contribution in [0.25, 0.3) is 0 Å². The molecule has 0 radical (unpaired) electrons. The van der Waals surface area contributed by atoms with Gasteiger partial charge in [0.2, 0.25) is 0 Å². The van der Waals surface area contributed by atoms with E-state index >= 15 is 0 Å². The molecule has 0 saturated carbocycles. The third-order valence-electron chi connectivity index (χ3n) is 6.04. The van der Waals surface area contributed by atoms with Crippen molar-refractivity contribution in [3.63, 3.8) is 0 Å². The lowest BCUT2D eigenvalue weighted by Gasteiger charge is -2.31. The lowest BCUT2D eigenvalue weighted by atomic mass is 10.0. The first kappa shape index (κ1) is 34.0. The molecule has 3 atom stereocenters. The third-order valence-corrected chi connectivity index (χ3v) is 7.00. The van der Waals surface area contributed by atoms with Crippen LogP contribution in [0.5, 0.6) is 0 Å². The first-order chi connectivity index (χ1) is 16.0. The van der Waals surface area contributed by atoms with Crippen molar-refractivity contribution in [3.8, 4) is 0 Å². The Morgan fingerprint density at radius 3 is 1.76 bits per heavy atom. The zero-order valence-electron chi connectivity index (χ0n) is 23.2. The van der Waals surface area contributed by atoms with Crippen LogP contribution in [0.2, 0.25) is 0 Å². The van der Waals surface area contributed by atoms with Crippen LogP contribution in [0.1, 0.15) is 111 Å². The van der Waals surface area contributed by atoms with Crippen molar-refractivity contribution in [1.82, 2.24) is 5.32 Å². The molecule has 0 rings (SSSR count). The summed E-state index contributed by atoms with van der Waals surface area (Å²) in [6.07, 6.45) is 16.7. The summed E-state index contributed by atoms with van der Waals surface area (Å²) < 4.78 is 22.8. The van der Waals surface area contributed by atoms with Crippen LogP contribution >= 0.6 is 7.82 Å². The highest BCUT2D eigenvalue weighted by Gasteiger charge is 2.23. The molecule has 1 unspecified atom stereocenters. The average molecular weight is 509 g/mol. The van der Waals surface area contributed by atoms with Crippen molar-refractivity contribution in [2.45, 2.75) is 129 Å². The zero-order chi connectivity index (χ0) is 25.9. The molecular formula is C26H57N2O5P. The summed E-state index contributed by atoms with van der Waals surface area (Å²) in [7, 11) is 1.52. The van der Waals surface area contributed by atoms with Crippen LogP contribution in [-0.2, 0) is 13.6 Å². The fourth-order valence-electron chi connectivity index (χ4n) is 3.91. The molecule has 0 spiro atoms. The molecule has 0 aromatic rings. The zero-order valence-corrected chi connectivity index (χ0v) is 24.1. The van der Waals surface area contributed by atoms with E-state index in [4.69, 9.17) is 9.05 Å². The molecule has 8 heteroatoms. The van der Waals surface area contributed by atoms with Gasteiger partial charge in [0.1, 0.15) is 13.2 Å². The van der Waals surface area contributed by atoms with Crippen LogP contribution in [0.4, 0.5) is 0 Å². The minimum Gasteiger partial charge on any atom is -0.756 e. The molecule has 0 amide bonds. The van der Waals surface area contributed by atoms with E-state index in [1.165, 1.54) is 70.6 Å². The molecule has 0 bridgehead atoms. The second kappa shape index (κ2) is 20.1. The topological polar surface area (TPSA) is 90.9 Å². The number of nitrogens with zero attached hydrogens (tertiary/aromatic N) is 1. The Morgan fingerprint density at radius 1 is 0.853 bits per heavy atom. The largest absolute Gasteiger partial charge is 0.756 e. The maximum absolute atomic E-state index is 12.1. The van der Waals surface area contributed by atoms with Crippen molar-refractivity contribution in [3.05, 3.63) is 0 Å². The quantitative estimate of drug-likeness (QED) is 0.103. The molecular weight excluding hydrogens is 451 g/mol. The minimum absolute atomic E-state index is 0.0774. The molecule has 0 aliphatic rings. The van der Waals surface area contributed by atoms with Crippen LogP contribution < -0.4 is 10.2 Å². The standard InChI is InChI=1S/C26H57N2O5P/c1-7-8-9-10-11-12-13-14-15-16-17-18-19-20-26(29)25(27-24(2)3)23-33-34(30,31)32-22-21-28(4,5)6/h24-27,29H,7-23H2,1-6H3/t25-,26+/m0/s1. The second-order valence-electron chi connectivity index (χ2n) is 11.1. The summed E-state index contributed by atoms with van der Waals surface area (Å²) >= 11 is 0. The molecule has 2 N–H and O–H groups in total. The lowest BCUT2D eigenvalue weighted by Crippen LogP contribution is -2.46. The number of phosphoric acid groups is 1. The van der Waals surface area contributed by atoms with Gasteiger partial charge in [0, 0.05) is 6.04 Å². The summed E-state index contributed by atoms with van der Waals surface area (Å²) in [5.74, 6) is 0. The fraction of sp³-hybridized carbons (Fsp3) is 1.00. The number of aliphatic hydroxyl groups is 1. The molecule has 0 aromatic heterocycles. The first-order valence-electron chi connectivity index (χ1n) is 13.8. The number of likely N-dealkylation sites (N-methyl/N-ethyl adjacent to an activating group) is 1. The molecule has 0 saturated heterocycles. The molecule has 34 heavy (non-hydrogen) atoms. The third kappa shape index (κ3) is 22.5. The van der Waals surface area contributed by atoms with Crippen LogP contribution in [-0.4, -0.2) is 68.7 Å². The summed E-state index contributed by atoms with van der Waals surface area (Å²) in [5.41, 5.74) is 0. The van der Waals surface area contributed by atoms with Crippen molar-refractivity contribution < 1.29 is 28.1 Å². The van der Waals surface area contributed by atoms with Gasteiger partial charge in [-0.2, -0.15) is 0 Å². The van der Waals surface area contributed by atoms with Crippen molar-refractivity contribution in [1.29, 1.82) is 0 Å². The maximum atomic E-state index is 12.1. The number of rotatable bonds is 24. The molecule has 0 aromatic carbocycles. The van der Waals surface area contributed by atoms with E-state index < -0.39 is 20.0 Å². The van der Waals surface area contributed by atoms with E-state index in [9.17, 15) is 14.6 Å². The predicted octanol–water partition coefficient (Wildman–Crippen LogP) is 5.40. The van der Waals surface area contributed by atoms with Gasteiger partial charge in [-0.3, -0.25) is 4.57 Å². The Kier molecular flexibility index (Phi) is 20.1. The first-order valence-corrected chi connectivity index (χ1v) is 15.3. The molecule has 0 heterocycles. The van der Waals surface area contributed by atoms with E-state index in [-0.39, 0.29) is 19.3 Å². The van der Waals surface area contributed by atoms with Crippen LogP contribution in [0.15, 0.2) is 0 Å². The Morgan fingerprint density at radius 2 is 1.32 bits per heavy atom. The monoisotopic (exact) mass is 508 g/mol. The summed E-state index contributed by atoms with van der Waals surface area (Å²) in [5, 5.41) is 13.9. The van der Waals surface area contributed by atoms with E-state index in [1.54, 1.807) is 0 Å². The van der Waals surface area contributed by atoms with Gasteiger partial charge in [-0.25, -0.2) is 0 Å². The number of quaternary nitrogens is 1. The van der Waals surface area contributed by atoms with Crippen molar-refractivity contribution in [2.75, 3.05) is 40.9 Å². The predicted molar refractivity (Wildman–Crippen MR) is 141 cm³/mol. The van der Waals surface area contributed by atoms with Gasteiger partial charge < -0.3 is 28.8 Å². The molecule has 0 aliphatic heterocycles. The van der Waals surface area contributed by atoms with Gasteiger partial charge in [0.15, 0.2) is 0 Å². The Balaban J connectivity index is 4.02. The van der Waals surface area contributed by atoms with E-state index in [1.807, 2.05) is 35.0 Å². The highest BCUT2D eigenvalue weighted by molar-refractivity contribution is 7.45. The number of phosphoric ester groups is 1. The molecule has 206 valence electrons. The SMILES string of the molecule is CCCCCCCCCCCCCCC[C@@H](O)[C@H](COP(=O)([O-])OCC[N+](C)(C)C)NC(C)C. The van der Waals surface area contributed by atoms with Gasteiger partial charge >= 0.3 is 0 Å². The number of unbranched alkanes of at least 4 members (excludes halogenated alkanes) is 12. The second-order valence-corrected chi connectivity index (χ2v) is 12.5. The van der Waals surface area contributed by atoms with Crippen molar-refractivity contribution in [2.24, 2.45) is 0 Å². The fourth-order valence-corrected chi connectivity index (χ4v) is 4.63. The van der Waals surface area contributed by atoms with Crippen molar-refractivity contribution >= 4 is 7.82 Å². The summed E-state index contributed by atoms with van der Waals surface area (Å²) in [6, 6.07) is -0.332. The van der Waals surface area contributed by atoms with Gasteiger partial charge in [0.05, 0.1) is 39.9 Å². The highest BCUT2D eigenvalue weighted by Crippen LogP contribution is 2.38. The molecule has 0 fully saturated rings. The van der Waals surface area contributed by atoms with E-state index in [2.05, 4.69) is 12.2 Å². The Hall–Kier alpha value is -0.0100. The average Bonchev–Trinajstić information content (AvgIpc) is 2.73. The lowest BCUT2D eigenvalue weighted by molar-refractivity contribution is -0.870. The van der Waals surface area contributed by atoms with Crippen LogP contribution in [0, 0.1) is 0 Å². The van der Waals surface area contributed by atoms with Gasteiger partial charge in [-0.15, -0.1) is 0 Å². The molecule has 0 aliphatic carbocycles. The summed E-state index contributed by atoms with van der Waals surface area (Å²) in [4.78, 5) is 12.1. The molecule has 7 nitrogen and oxygen atoms in total. The normalized spacial score (nSPS) is 16.0. The number of hydrogen-bond donors (Lipinski definition) is 2. The van der Waals surface area contributed by atoms with E-state index in [0.29, 0.717) is 17.4 Å². The van der Waals surface area contributed by atoms with Gasteiger partial charge in [-0.1, -0.05) is 104 Å². The van der Waals surface area contributed by atoms with E-state index in [0.717, 1.165) is 12.8 Å².